The predicted octanol–water partition coefficient (Wildman–Crippen LogP) is 3.36. The van der Waals surface area contributed by atoms with E-state index in [2.05, 4.69) is 17.9 Å². The summed E-state index contributed by atoms with van der Waals surface area (Å²) >= 11 is 4.45. The van der Waals surface area contributed by atoms with Crippen molar-refractivity contribution >= 4 is 18.7 Å². The molecule has 1 saturated heterocycles. The molecule has 0 aromatic heterocycles. The summed E-state index contributed by atoms with van der Waals surface area (Å²) in [7, 11) is 0. The average Bonchev–Trinajstić information content (AvgIpc) is 2.82. The molecule has 1 N–H and O–H groups in total. The van der Waals surface area contributed by atoms with Crippen LogP contribution in [0.2, 0.25) is 0 Å². The van der Waals surface area contributed by atoms with Crippen molar-refractivity contribution in [2.24, 2.45) is 0 Å². The summed E-state index contributed by atoms with van der Waals surface area (Å²) < 4.78 is 32.2. The molecule has 0 unspecified atom stereocenters. The fraction of sp³-hybridized carbons (Fsp3) is 0.588. The molecule has 1 amide bonds. The summed E-state index contributed by atoms with van der Waals surface area (Å²) in [4.78, 5) is 13.9. The Balaban J connectivity index is 1.92. The first kappa shape index (κ1) is 19.0. The molecular formula is C17H24F2N2O2S. The second-order valence-corrected chi connectivity index (χ2v) is 7.77. The van der Waals surface area contributed by atoms with Crippen LogP contribution in [0.15, 0.2) is 18.2 Å². The number of carbonyl (C=O) groups is 1. The van der Waals surface area contributed by atoms with E-state index in [4.69, 9.17) is 4.74 Å². The molecule has 1 heterocycles. The number of rotatable bonds is 4. The van der Waals surface area contributed by atoms with Crippen LogP contribution in [-0.2, 0) is 11.3 Å². The molecule has 2 rings (SSSR count). The molecule has 0 aliphatic carbocycles. The van der Waals surface area contributed by atoms with E-state index in [1.165, 1.54) is 6.07 Å². The quantitative estimate of drug-likeness (QED) is 0.811. The fourth-order valence-electron chi connectivity index (χ4n) is 2.68. The Morgan fingerprint density at radius 2 is 2.12 bits per heavy atom. The number of nitrogens with one attached hydrogen (secondary N) is 1. The van der Waals surface area contributed by atoms with Gasteiger partial charge in [0.05, 0.1) is 0 Å². The van der Waals surface area contributed by atoms with Crippen molar-refractivity contribution in [1.29, 1.82) is 0 Å². The Morgan fingerprint density at radius 3 is 2.79 bits per heavy atom. The van der Waals surface area contributed by atoms with Crippen LogP contribution in [0.1, 0.15) is 32.8 Å². The monoisotopic (exact) mass is 358 g/mol. The lowest BCUT2D eigenvalue weighted by Gasteiger charge is -2.28. The molecule has 7 heteroatoms. The number of hydrogen-bond acceptors (Lipinski definition) is 4. The van der Waals surface area contributed by atoms with Crippen molar-refractivity contribution in [3.05, 3.63) is 35.4 Å². The zero-order valence-corrected chi connectivity index (χ0v) is 15.1. The van der Waals surface area contributed by atoms with Crippen LogP contribution in [0.25, 0.3) is 0 Å². The number of hydrogen-bond donors (Lipinski definition) is 2. The van der Waals surface area contributed by atoms with Gasteiger partial charge in [0.15, 0.2) is 0 Å². The first-order valence-corrected chi connectivity index (χ1v) is 8.49. The number of benzene rings is 1. The highest BCUT2D eigenvalue weighted by atomic mass is 32.1. The maximum absolute atomic E-state index is 13.6. The maximum atomic E-state index is 13.6. The van der Waals surface area contributed by atoms with Gasteiger partial charge >= 0.3 is 6.09 Å². The van der Waals surface area contributed by atoms with Gasteiger partial charge in [-0.1, -0.05) is 0 Å². The third-order valence-corrected chi connectivity index (χ3v) is 4.10. The number of ether oxygens (including phenoxy) is 1. The van der Waals surface area contributed by atoms with Crippen LogP contribution in [0.5, 0.6) is 0 Å². The number of likely N-dealkylation sites (tertiary alicyclic amines) is 1. The van der Waals surface area contributed by atoms with Crippen molar-refractivity contribution in [3.63, 3.8) is 0 Å². The first-order valence-electron chi connectivity index (χ1n) is 7.98. The summed E-state index contributed by atoms with van der Waals surface area (Å²) in [5, 5.41) is 3.17. The second kappa shape index (κ2) is 7.70. The largest absolute Gasteiger partial charge is 0.444 e. The molecule has 4 nitrogen and oxygen atoms in total. The first-order chi connectivity index (χ1) is 11.2. The second-order valence-electron chi connectivity index (χ2n) is 7.04. The van der Waals surface area contributed by atoms with E-state index < -0.39 is 17.2 Å². The standard InChI is InChI=1S/C17H24F2N2O2S/c1-17(2,3)23-16(22)21-10-14(24)7-13(21)9-20-8-11-6-12(18)4-5-15(11)19/h4-6,13-14,20,24H,7-10H2,1-3H3/t13-,14+/m0/s1. The SMILES string of the molecule is CC(C)(C)OC(=O)N1C[C@H](S)C[C@H]1CNCc1cc(F)ccc1F. The highest BCUT2D eigenvalue weighted by molar-refractivity contribution is 7.81. The zero-order chi connectivity index (χ0) is 17.9. The van der Waals surface area contributed by atoms with E-state index in [1.54, 1.807) is 4.90 Å². The summed E-state index contributed by atoms with van der Waals surface area (Å²) in [5.41, 5.74) is -0.298. The molecule has 134 valence electrons. The van der Waals surface area contributed by atoms with Gasteiger partial charge in [0.2, 0.25) is 0 Å². The van der Waals surface area contributed by atoms with Gasteiger partial charge in [0.25, 0.3) is 0 Å². The van der Waals surface area contributed by atoms with Crippen LogP contribution in [0.3, 0.4) is 0 Å². The lowest BCUT2D eigenvalue weighted by atomic mass is 10.2. The Morgan fingerprint density at radius 1 is 1.42 bits per heavy atom. The minimum absolute atomic E-state index is 0.0789. The number of amides is 1. The summed E-state index contributed by atoms with van der Waals surface area (Å²) in [6.45, 7) is 6.63. The molecule has 1 aliphatic heterocycles. The van der Waals surface area contributed by atoms with E-state index in [0.29, 0.717) is 13.1 Å². The van der Waals surface area contributed by atoms with Gasteiger partial charge in [-0.2, -0.15) is 12.6 Å². The molecule has 2 atom stereocenters. The Bertz CT molecular complexity index is 592. The molecule has 1 aromatic rings. The van der Waals surface area contributed by atoms with Gasteiger partial charge < -0.3 is 15.0 Å². The number of thiol groups is 1. The van der Waals surface area contributed by atoms with Crippen LogP contribution in [0.4, 0.5) is 13.6 Å². The molecule has 0 radical (unpaired) electrons. The molecular weight excluding hydrogens is 334 g/mol. The molecule has 0 saturated carbocycles. The number of carbonyl (C=O) groups excluding carboxylic acids is 1. The van der Waals surface area contributed by atoms with Crippen LogP contribution in [0, 0.1) is 11.6 Å². The lowest BCUT2D eigenvalue weighted by Crippen LogP contribution is -2.44. The van der Waals surface area contributed by atoms with Gasteiger partial charge in [-0.25, -0.2) is 13.6 Å². The minimum atomic E-state index is -0.561. The number of halogens is 2. The summed E-state index contributed by atoms with van der Waals surface area (Å²) in [6, 6.07) is 3.29. The average molecular weight is 358 g/mol. The van der Waals surface area contributed by atoms with Gasteiger partial charge in [-0.15, -0.1) is 0 Å². The minimum Gasteiger partial charge on any atom is -0.444 e. The Hall–Kier alpha value is -1.34. The normalized spacial score (nSPS) is 21.2. The van der Waals surface area contributed by atoms with Crippen molar-refractivity contribution in [1.82, 2.24) is 10.2 Å². The highest BCUT2D eigenvalue weighted by Crippen LogP contribution is 2.24. The number of nitrogens with zero attached hydrogens (tertiary/aromatic N) is 1. The van der Waals surface area contributed by atoms with E-state index in [-0.39, 0.29) is 29.5 Å². The van der Waals surface area contributed by atoms with E-state index >= 15 is 0 Å². The van der Waals surface area contributed by atoms with Crippen molar-refractivity contribution in [3.8, 4) is 0 Å². The van der Waals surface area contributed by atoms with Gasteiger partial charge in [-0.05, 0) is 45.4 Å². The Kier molecular flexibility index (Phi) is 6.09. The molecule has 1 fully saturated rings. The molecule has 1 aromatic carbocycles. The fourth-order valence-corrected chi connectivity index (χ4v) is 3.10. The smallest absolute Gasteiger partial charge is 0.410 e. The Labute approximate surface area is 147 Å². The molecule has 24 heavy (non-hydrogen) atoms. The molecule has 0 spiro atoms. The van der Waals surface area contributed by atoms with Gasteiger partial charge in [-0.3, -0.25) is 0 Å². The zero-order valence-electron chi connectivity index (χ0n) is 14.2. The molecule has 1 aliphatic rings. The third-order valence-electron chi connectivity index (χ3n) is 3.72. The van der Waals surface area contributed by atoms with Crippen LogP contribution in [-0.4, -0.2) is 41.0 Å². The van der Waals surface area contributed by atoms with Crippen molar-refractivity contribution in [2.45, 2.75) is 50.6 Å². The lowest BCUT2D eigenvalue weighted by molar-refractivity contribution is 0.0227. The maximum Gasteiger partial charge on any atom is 0.410 e. The highest BCUT2D eigenvalue weighted by Gasteiger charge is 2.35. The van der Waals surface area contributed by atoms with E-state index in [1.807, 2.05) is 20.8 Å². The van der Waals surface area contributed by atoms with Crippen molar-refractivity contribution in [2.75, 3.05) is 13.1 Å². The summed E-state index contributed by atoms with van der Waals surface area (Å²) in [5.74, 6) is -0.925. The van der Waals surface area contributed by atoms with Crippen molar-refractivity contribution < 1.29 is 18.3 Å². The van der Waals surface area contributed by atoms with Gasteiger partial charge in [0, 0.05) is 36.5 Å². The third kappa shape index (κ3) is 5.34. The topological polar surface area (TPSA) is 41.6 Å². The molecule has 0 bridgehead atoms. The van der Waals surface area contributed by atoms with Crippen LogP contribution < -0.4 is 5.32 Å². The van der Waals surface area contributed by atoms with Gasteiger partial charge in [0.1, 0.15) is 17.2 Å². The summed E-state index contributed by atoms with van der Waals surface area (Å²) in [6.07, 6.45) is 0.351. The van der Waals surface area contributed by atoms with E-state index in [0.717, 1.165) is 18.6 Å². The van der Waals surface area contributed by atoms with Crippen LogP contribution >= 0.6 is 12.6 Å². The predicted molar refractivity (Wildman–Crippen MR) is 92.2 cm³/mol. The van der Waals surface area contributed by atoms with E-state index in [9.17, 15) is 13.6 Å².